The minimum absolute atomic E-state index is 0.225. The fraction of sp³-hybridized carbons (Fsp3) is 1.00. The van der Waals surface area contributed by atoms with Crippen LogP contribution in [0.3, 0.4) is 0 Å². The maximum atomic E-state index is 6.08. The molecule has 0 aromatic rings. The van der Waals surface area contributed by atoms with Crippen LogP contribution in [0.2, 0.25) is 0 Å². The van der Waals surface area contributed by atoms with Gasteiger partial charge in [0.25, 0.3) is 0 Å². The SMILES string of the molecule is CCCN(CC1CC1)C(C)(CN)CCC(C)C. The summed E-state index contributed by atoms with van der Waals surface area (Å²) in [5.74, 6) is 1.75. The maximum Gasteiger partial charge on any atom is 0.0303 e. The molecule has 0 aliphatic heterocycles. The third kappa shape index (κ3) is 4.97. The van der Waals surface area contributed by atoms with Crippen molar-refractivity contribution >= 4 is 0 Å². The van der Waals surface area contributed by atoms with Gasteiger partial charge in [-0.2, -0.15) is 0 Å². The number of rotatable bonds is 9. The minimum Gasteiger partial charge on any atom is -0.329 e. The summed E-state index contributed by atoms with van der Waals surface area (Å²) in [5.41, 5.74) is 6.30. The Morgan fingerprint density at radius 3 is 2.41 bits per heavy atom. The second-order valence-electron chi connectivity index (χ2n) is 6.52. The first-order valence-electron chi connectivity index (χ1n) is 7.47. The molecule has 0 saturated heterocycles. The number of nitrogens with zero attached hydrogens (tertiary/aromatic N) is 1. The van der Waals surface area contributed by atoms with Crippen molar-refractivity contribution in [3.8, 4) is 0 Å². The Hall–Kier alpha value is -0.0800. The van der Waals surface area contributed by atoms with Crippen LogP contribution in [0.4, 0.5) is 0 Å². The Morgan fingerprint density at radius 1 is 1.35 bits per heavy atom. The van der Waals surface area contributed by atoms with Gasteiger partial charge in [-0.3, -0.25) is 4.90 Å². The Bertz CT molecular complexity index is 211. The second kappa shape index (κ2) is 6.75. The van der Waals surface area contributed by atoms with Crippen LogP contribution in [0.5, 0.6) is 0 Å². The van der Waals surface area contributed by atoms with E-state index in [1.165, 1.54) is 45.2 Å². The van der Waals surface area contributed by atoms with Crippen molar-refractivity contribution in [2.45, 2.75) is 65.3 Å². The normalized spacial score (nSPS) is 19.9. The van der Waals surface area contributed by atoms with Gasteiger partial charge in [0.2, 0.25) is 0 Å². The van der Waals surface area contributed by atoms with Crippen molar-refractivity contribution in [3.05, 3.63) is 0 Å². The second-order valence-corrected chi connectivity index (χ2v) is 6.52. The summed E-state index contributed by atoms with van der Waals surface area (Å²) in [7, 11) is 0. The van der Waals surface area contributed by atoms with Gasteiger partial charge in [-0.25, -0.2) is 0 Å². The van der Waals surface area contributed by atoms with Crippen LogP contribution in [-0.4, -0.2) is 30.1 Å². The summed E-state index contributed by atoms with van der Waals surface area (Å²) in [6, 6.07) is 0. The van der Waals surface area contributed by atoms with Gasteiger partial charge in [-0.15, -0.1) is 0 Å². The topological polar surface area (TPSA) is 29.3 Å². The minimum atomic E-state index is 0.225. The zero-order chi connectivity index (χ0) is 12.9. The summed E-state index contributed by atoms with van der Waals surface area (Å²) >= 11 is 0. The van der Waals surface area contributed by atoms with Crippen molar-refractivity contribution in [1.29, 1.82) is 0 Å². The predicted octanol–water partition coefficient (Wildman–Crippen LogP) is 3.26. The van der Waals surface area contributed by atoms with E-state index in [1.807, 2.05) is 0 Å². The molecule has 0 spiro atoms. The van der Waals surface area contributed by atoms with Crippen LogP contribution in [0.25, 0.3) is 0 Å². The summed E-state index contributed by atoms with van der Waals surface area (Å²) < 4.78 is 0. The fourth-order valence-corrected chi connectivity index (χ4v) is 2.45. The number of nitrogens with two attached hydrogens (primary N) is 1. The molecule has 0 aromatic heterocycles. The molecule has 1 unspecified atom stereocenters. The summed E-state index contributed by atoms with van der Waals surface area (Å²) in [6.07, 6.45) is 6.65. The molecule has 0 radical (unpaired) electrons. The van der Waals surface area contributed by atoms with Crippen molar-refractivity contribution in [3.63, 3.8) is 0 Å². The van der Waals surface area contributed by atoms with E-state index in [2.05, 4.69) is 32.6 Å². The van der Waals surface area contributed by atoms with E-state index in [0.29, 0.717) is 0 Å². The van der Waals surface area contributed by atoms with E-state index in [9.17, 15) is 0 Å². The first kappa shape index (κ1) is 15.0. The molecule has 0 heterocycles. The van der Waals surface area contributed by atoms with Crippen molar-refractivity contribution in [1.82, 2.24) is 4.90 Å². The van der Waals surface area contributed by atoms with Gasteiger partial charge in [0.05, 0.1) is 0 Å². The Kier molecular flexibility index (Phi) is 5.94. The first-order chi connectivity index (χ1) is 8.01. The Balaban J connectivity index is 2.55. The third-order valence-electron chi connectivity index (χ3n) is 4.13. The lowest BCUT2D eigenvalue weighted by atomic mass is 9.89. The van der Waals surface area contributed by atoms with Crippen LogP contribution in [0, 0.1) is 11.8 Å². The molecule has 102 valence electrons. The zero-order valence-electron chi connectivity index (χ0n) is 12.3. The van der Waals surface area contributed by atoms with E-state index >= 15 is 0 Å². The number of hydrogen-bond donors (Lipinski definition) is 1. The molecule has 1 rings (SSSR count). The zero-order valence-corrected chi connectivity index (χ0v) is 12.3. The average molecular weight is 240 g/mol. The van der Waals surface area contributed by atoms with Gasteiger partial charge in [0.1, 0.15) is 0 Å². The van der Waals surface area contributed by atoms with Crippen LogP contribution in [0.1, 0.15) is 59.8 Å². The van der Waals surface area contributed by atoms with E-state index in [1.54, 1.807) is 0 Å². The van der Waals surface area contributed by atoms with Gasteiger partial charge in [-0.1, -0.05) is 20.8 Å². The summed E-state index contributed by atoms with van der Waals surface area (Å²) in [4.78, 5) is 2.67. The lowest BCUT2D eigenvalue weighted by Crippen LogP contribution is -2.52. The molecule has 1 saturated carbocycles. The summed E-state index contributed by atoms with van der Waals surface area (Å²) in [6.45, 7) is 12.5. The smallest absolute Gasteiger partial charge is 0.0303 e. The third-order valence-corrected chi connectivity index (χ3v) is 4.13. The van der Waals surface area contributed by atoms with E-state index in [0.717, 1.165) is 18.4 Å². The molecule has 1 aliphatic rings. The van der Waals surface area contributed by atoms with Crippen LogP contribution < -0.4 is 5.73 Å². The Morgan fingerprint density at radius 2 is 2.00 bits per heavy atom. The Labute approximate surface area is 108 Å². The molecule has 0 amide bonds. The monoisotopic (exact) mass is 240 g/mol. The maximum absolute atomic E-state index is 6.08. The lowest BCUT2D eigenvalue weighted by molar-refractivity contribution is 0.0898. The molecule has 1 fully saturated rings. The molecule has 2 N–H and O–H groups in total. The van der Waals surface area contributed by atoms with Gasteiger partial charge in [0, 0.05) is 18.6 Å². The van der Waals surface area contributed by atoms with E-state index in [-0.39, 0.29) is 5.54 Å². The van der Waals surface area contributed by atoms with E-state index in [4.69, 9.17) is 5.73 Å². The van der Waals surface area contributed by atoms with Gasteiger partial charge in [0.15, 0.2) is 0 Å². The molecular formula is C15H32N2. The highest BCUT2D eigenvalue weighted by Crippen LogP contribution is 2.33. The molecule has 2 heteroatoms. The molecule has 1 aliphatic carbocycles. The van der Waals surface area contributed by atoms with Crippen molar-refractivity contribution < 1.29 is 0 Å². The average Bonchev–Trinajstić information content (AvgIpc) is 3.09. The quantitative estimate of drug-likeness (QED) is 0.670. The fourth-order valence-electron chi connectivity index (χ4n) is 2.45. The highest BCUT2D eigenvalue weighted by atomic mass is 15.2. The highest BCUT2D eigenvalue weighted by molar-refractivity contribution is 4.90. The molecule has 0 bridgehead atoms. The molecule has 0 aromatic carbocycles. The summed E-state index contributed by atoms with van der Waals surface area (Å²) in [5, 5.41) is 0. The standard InChI is InChI=1S/C15H32N2/c1-5-10-17(11-14-6-7-14)15(4,12-16)9-8-13(2)3/h13-14H,5-12,16H2,1-4H3. The van der Waals surface area contributed by atoms with Gasteiger partial charge < -0.3 is 5.73 Å². The number of hydrogen-bond acceptors (Lipinski definition) is 2. The van der Waals surface area contributed by atoms with Crippen LogP contribution in [-0.2, 0) is 0 Å². The van der Waals surface area contributed by atoms with Crippen molar-refractivity contribution in [2.75, 3.05) is 19.6 Å². The van der Waals surface area contributed by atoms with Gasteiger partial charge >= 0.3 is 0 Å². The van der Waals surface area contributed by atoms with Gasteiger partial charge in [-0.05, 0) is 57.4 Å². The lowest BCUT2D eigenvalue weighted by Gasteiger charge is -2.41. The molecule has 17 heavy (non-hydrogen) atoms. The highest BCUT2D eigenvalue weighted by Gasteiger charge is 2.34. The molecular weight excluding hydrogens is 208 g/mol. The first-order valence-corrected chi connectivity index (χ1v) is 7.47. The molecule has 1 atom stereocenters. The van der Waals surface area contributed by atoms with E-state index < -0.39 is 0 Å². The van der Waals surface area contributed by atoms with Crippen LogP contribution in [0.15, 0.2) is 0 Å². The van der Waals surface area contributed by atoms with Crippen LogP contribution >= 0.6 is 0 Å². The molecule has 2 nitrogen and oxygen atoms in total. The largest absolute Gasteiger partial charge is 0.329 e. The predicted molar refractivity (Wildman–Crippen MR) is 76.1 cm³/mol. The van der Waals surface area contributed by atoms with Crippen molar-refractivity contribution in [2.24, 2.45) is 17.6 Å².